The Morgan fingerprint density at radius 1 is 1.25 bits per heavy atom. The zero-order valence-electron chi connectivity index (χ0n) is 9.10. The van der Waals surface area contributed by atoms with E-state index in [1.807, 2.05) is 19.1 Å². The number of hydrogen-bond donors (Lipinski definition) is 0. The number of rotatable bonds is 5. The van der Waals surface area contributed by atoms with E-state index in [4.69, 9.17) is 21.1 Å². The molecule has 0 radical (unpaired) electrons. The van der Waals surface area contributed by atoms with Gasteiger partial charge in [-0.25, -0.2) is 0 Å². The van der Waals surface area contributed by atoms with Gasteiger partial charge in [0.2, 0.25) is 0 Å². The van der Waals surface area contributed by atoms with E-state index in [0.717, 1.165) is 20.4 Å². The van der Waals surface area contributed by atoms with Crippen molar-refractivity contribution < 1.29 is 9.47 Å². The van der Waals surface area contributed by atoms with Crippen LogP contribution < -0.4 is 9.47 Å². The van der Waals surface area contributed by atoms with E-state index in [0.29, 0.717) is 18.4 Å². The number of alkyl halides is 1. The lowest BCUT2D eigenvalue weighted by Gasteiger charge is -2.13. The maximum absolute atomic E-state index is 5.72. The molecule has 90 valence electrons. The molecule has 0 spiro atoms. The van der Waals surface area contributed by atoms with Crippen molar-refractivity contribution in [3.63, 3.8) is 0 Å². The fourth-order valence-corrected chi connectivity index (χ4v) is 2.06. The van der Waals surface area contributed by atoms with Gasteiger partial charge in [-0.05, 0) is 44.0 Å². The fourth-order valence-electron chi connectivity index (χ4n) is 1.05. The van der Waals surface area contributed by atoms with Gasteiger partial charge in [-0.1, -0.05) is 6.92 Å². The normalized spacial score (nSPS) is 12.3. The van der Waals surface area contributed by atoms with Crippen molar-refractivity contribution in [2.24, 2.45) is 5.92 Å². The average Bonchev–Trinajstić information content (AvgIpc) is 2.29. The van der Waals surface area contributed by atoms with E-state index in [-0.39, 0.29) is 0 Å². The van der Waals surface area contributed by atoms with Crippen LogP contribution in [-0.4, -0.2) is 19.6 Å². The predicted octanol–water partition coefficient (Wildman–Crippen LogP) is 4.47. The highest BCUT2D eigenvalue weighted by Gasteiger charge is 2.09. The third kappa shape index (κ3) is 3.82. The zero-order chi connectivity index (χ0) is 12.1. The summed E-state index contributed by atoms with van der Waals surface area (Å²) < 4.78 is 12.6. The first-order valence-corrected chi connectivity index (χ1v) is 6.92. The monoisotopic (exact) mass is 370 g/mol. The second-order valence-electron chi connectivity index (χ2n) is 3.49. The smallest absolute Gasteiger partial charge is 0.134 e. The van der Waals surface area contributed by atoms with Crippen LogP contribution in [0.5, 0.6) is 11.5 Å². The highest BCUT2D eigenvalue weighted by atomic mass is 79.9. The molecule has 2 nitrogen and oxygen atoms in total. The molecule has 0 aromatic heterocycles. The number of halogens is 3. The van der Waals surface area contributed by atoms with Crippen molar-refractivity contribution in [1.82, 2.24) is 0 Å². The van der Waals surface area contributed by atoms with E-state index >= 15 is 0 Å². The van der Waals surface area contributed by atoms with Gasteiger partial charge in [0.1, 0.15) is 11.5 Å². The maximum Gasteiger partial charge on any atom is 0.134 e. The molecular formula is C11H13Br2ClO2. The average molecular weight is 372 g/mol. The Morgan fingerprint density at radius 3 is 2.38 bits per heavy atom. The minimum atomic E-state index is 0.328. The van der Waals surface area contributed by atoms with Crippen molar-refractivity contribution in [2.75, 3.05) is 19.6 Å². The summed E-state index contributed by atoms with van der Waals surface area (Å²) in [5.41, 5.74) is 0. The Bertz CT molecular complexity index is 358. The van der Waals surface area contributed by atoms with E-state index < -0.39 is 0 Å². The SMILES string of the molecule is COc1cc(Br)c(OCC(C)CCl)cc1Br. The molecule has 1 aromatic carbocycles. The number of benzene rings is 1. The molecule has 0 heterocycles. The van der Waals surface area contributed by atoms with Gasteiger partial charge in [0, 0.05) is 11.8 Å². The van der Waals surface area contributed by atoms with Crippen LogP contribution in [0.25, 0.3) is 0 Å². The quantitative estimate of drug-likeness (QED) is 0.710. The summed E-state index contributed by atoms with van der Waals surface area (Å²) in [6.07, 6.45) is 0. The molecule has 0 aliphatic carbocycles. The van der Waals surface area contributed by atoms with Crippen LogP contribution in [-0.2, 0) is 0 Å². The van der Waals surface area contributed by atoms with E-state index in [9.17, 15) is 0 Å². The van der Waals surface area contributed by atoms with Crippen LogP contribution in [0.15, 0.2) is 21.1 Å². The van der Waals surface area contributed by atoms with Crippen LogP contribution in [0, 0.1) is 5.92 Å². The van der Waals surface area contributed by atoms with Gasteiger partial charge in [0.15, 0.2) is 0 Å². The molecule has 0 saturated carbocycles. The Hall–Kier alpha value is 0.0700. The van der Waals surface area contributed by atoms with E-state index in [2.05, 4.69) is 31.9 Å². The lowest BCUT2D eigenvalue weighted by Crippen LogP contribution is -2.10. The second-order valence-corrected chi connectivity index (χ2v) is 5.50. The van der Waals surface area contributed by atoms with Gasteiger partial charge in [-0.2, -0.15) is 0 Å². The molecular weight excluding hydrogens is 359 g/mol. The maximum atomic E-state index is 5.72. The largest absolute Gasteiger partial charge is 0.496 e. The number of methoxy groups -OCH3 is 1. The molecule has 5 heteroatoms. The fraction of sp³-hybridized carbons (Fsp3) is 0.455. The molecule has 0 fully saturated rings. The van der Waals surface area contributed by atoms with Gasteiger partial charge >= 0.3 is 0 Å². The van der Waals surface area contributed by atoms with Crippen LogP contribution >= 0.6 is 43.5 Å². The van der Waals surface area contributed by atoms with Gasteiger partial charge in [0.25, 0.3) is 0 Å². The van der Waals surface area contributed by atoms with Crippen molar-refractivity contribution in [1.29, 1.82) is 0 Å². The third-order valence-corrected chi connectivity index (χ3v) is 3.76. The van der Waals surface area contributed by atoms with Gasteiger partial charge < -0.3 is 9.47 Å². The first kappa shape index (κ1) is 14.1. The second kappa shape index (κ2) is 6.72. The molecule has 1 atom stereocenters. The standard InChI is InChI=1S/C11H13Br2ClO2/c1-7(5-14)6-16-11-4-8(12)10(15-2)3-9(11)13/h3-4,7H,5-6H2,1-2H3. The lowest BCUT2D eigenvalue weighted by molar-refractivity contribution is 0.270. The topological polar surface area (TPSA) is 18.5 Å². The Balaban J connectivity index is 2.77. The minimum Gasteiger partial charge on any atom is -0.496 e. The third-order valence-electron chi connectivity index (χ3n) is 1.99. The van der Waals surface area contributed by atoms with Crippen molar-refractivity contribution >= 4 is 43.5 Å². The first-order chi connectivity index (χ1) is 7.58. The summed E-state index contributed by atoms with van der Waals surface area (Å²) in [7, 11) is 1.63. The molecule has 0 aliphatic heterocycles. The molecule has 0 bridgehead atoms. The Labute approximate surface area is 118 Å². The molecule has 1 aromatic rings. The summed E-state index contributed by atoms with van der Waals surface area (Å²) >= 11 is 12.6. The zero-order valence-corrected chi connectivity index (χ0v) is 13.0. The molecule has 0 aliphatic rings. The molecule has 16 heavy (non-hydrogen) atoms. The molecule has 1 unspecified atom stereocenters. The first-order valence-electron chi connectivity index (χ1n) is 4.80. The van der Waals surface area contributed by atoms with Crippen molar-refractivity contribution in [2.45, 2.75) is 6.92 Å². The van der Waals surface area contributed by atoms with E-state index in [1.165, 1.54) is 0 Å². The molecule has 1 rings (SSSR count). The Morgan fingerprint density at radius 2 is 1.81 bits per heavy atom. The van der Waals surface area contributed by atoms with Crippen molar-refractivity contribution in [3.05, 3.63) is 21.1 Å². The summed E-state index contributed by atoms with van der Waals surface area (Å²) in [6, 6.07) is 3.74. The highest BCUT2D eigenvalue weighted by Crippen LogP contribution is 2.36. The molecule has 0 saturated heterocycles. The Kier molecular flexibility index (Phi) is 5.94. The van der Waals surface area contributed by atoms with Crippen molar-refractivity contribution in [3.8, 4) is 11.5 Å². The summed E-state index contributed by atoms with van der Waals surface area (Å²) in [6.45, 7) is 2.64. The van der Waals surface area contributed by atoms with E-state index in [1.54, 1.807) is 7.11 Å². The summed E-state index contributed by atoms with van der Waals surface area (Å²) in [5.74, 6) is 2.47. The summed E-state index contributed by atoms with van der Waals surface area (Å²) in [4.78, 5) is 0. The van der Waals surface area contributed by atoms with Gasteiger partial charge in [-0.3, -0.25) is 0 Å². The minimum absolute atomic E-state index is 0.328. The molecule has 0 N–H and O–H groups in total. The van der Waals surface area contributed by atoms with Crippen LogP contribution in [0.3, 0.4) is 0 Å². The van der Waals surface area contributed by atoms with Crippen LogP contribution in [0.4, 0.5) is 0 Å². The van der Waals surface area contributed by atoms with Gasteiger partial charge in [0.05, 0.1) is 22.7 Å². The van der Waals surface area contributed by atoms with Crippen LogP contribution in [0.1, 0.15) is 6.92 Å². The highest BCUT2D eigenvalue weighted by molar-refractivity contribution is 9.11. The number of hydrogen-bond acceptors (Lipinski definition) is 2. The predicted molar refractivity (Wildman–Crippen MR) is 73.8 cm³/mol. The summed E-state index contributed by atoms with van der Waals surface area (Å²) in [5, 5.41) is 0. The van der Waals surface area contributed by atoms with Crippen LogP contribution in [0.2, 0.25) is 0 Å². The number of ether oxygens (including phenoxy) is 2. The lowest BCUT2D eigenvalue weighted by atomic mass is 10.2. The molecule has 0 amide bonds. The van der Waals surface area contributed by atoms with Gasteiger partial charge in [-0.15, -0.1) is 11.6 Å².